The number of aryl methyl sites for hydroxylation is 1. The van der Waals surface area contributed by atoms with Gasteiger partial charge in [0, 0.05) is 23.1 Å². The van der Waals surface area contributed by atoms with Crippen molar-refractivity contribution >= 4 is 16.6 Å². The van der Waals surface area contributed by atoms with Gasteiger partial charge in [-0.05, 0) is 30.2 Å². The summed E-state index contributed by atoms with van der Waals surface area (Å²) in [4.78, 5) is 0. The molecule has 0 spiro atoms. The number of hydrogen-bond donors (Lipinski definition) is 1. The summed E-state index contributed by atoms with van der Waals surface area (Å²) in [5.74, 6) is 0. The van der Waals surface area contributed by atoms with E-state index in [1.165, 1.54) is 4.57 Å². The summed E-state index contributed by atoms with van der Waals surface area (Å²) in [6, 6.07) is 23.4. The van der Waals surface area contributed by atoms with Crippen LogP contribution >= 0.6 is 0 Å². The van der Waals surface area contributed by atoms with E-state index >= 15 is 0 Å². The first kappa shape index (κ1) is 17.9. The van der Waals surface area contributed by atoms with E-state index in [1.807, 2.05) is 37.3 Å². The Bertz CT molecular complexity index is 1200. The predicted octanol–water partition coefficient (Wildman–Crippen LogP) is 6.50. The van der Waals surface area contributed by atoms with Gasteiger partial charge in [0.15, 0.2) is 0 Å². The number of rotatable bonds is 2. The summed E-state index contributed by atoms with van der Waals surface area (Å²) in [7, 11) is 0. The Morgan fingerprint density at radius 3 is 2.28 bits per heavy atom. The van der Waals surface area contributed by atoms with Crippen LogP contribution in [0, 0.1) is 6.92 Å². The van der Waals surface area contributed by atoms with Gasteiger partial charge in [-0.3, -0.25) is 0 Å². The maximum Gasteiger partial charge on any atom is 0.431 e. The second-order valence-corrected chi connectivity index (χ2v) is 7.52. The molecule has 146 valence electrons. The Morgan fingerprint density at radius 1 is 0.862 bits per heavy atom. The molecule has 0 saturated carbocycles. The van der Waals surface area contributed by atoms with Gasteiger partial charge >= 0.3 is 6.18 Å². The lowest BCUT2D eigenvalue weighted by atomic mass is 9.92. The highest BCUT2D eigenvalue weighted by Gasteiger charge is 2.59. The molecule has 0 aliphatic carbocycles. The molecule has 0 radical (unpaired) electrons. The predicted molar refractivity (Wildman–Crippen MR) is 110 cm³/mol. The largest absolute Gasteiger partial charge is 0.431 e. The molecule has 2 nitrogen and oxygen atoms in total. The molecule has 5 rings (SSSR count). The van der Waals surface area contributed by atoms with Crippen molar-refractivity contribution in [3.8, 4) is 11.3 Å². The van der Waals surface area contributed by atoms with Crippen molar-refractivity contribution in [3.05, 3.63) is 90.0 Å². The SMILES string of the molecule is Cc1c2n(c3ccccc13)C(Cc1ccccc1)(C(F)(F)F)Nc1ccccc1-2. The van der Waals surface area contributed by atoms with Gasteiger partial charge in [0.05, 0.1) is 11.2 Å². The molecular formula is C24H19F3N2. The maximum absolute atomic E-state index is 14.9. The minimum Gasteiger partial charge on any atom is -0.354 e. The topological polar surface area (TPSA) is 17.0 Å². The van der Waals surface area contributed by atoms with Crippen LogP contribution in [0.4, 0.5) is 18.9 Å². The molecular weight excluding hydrogens is 373 g/mol. The molecule has 1 N–H and O–H groups in total. The van der Waals surface area contributed by atoms with Crippen LogP contribution in [-0.2, 0) is 12.1 Å². The van der Waals surface area contributed by atoms with Crippen LogP contribution in [0.25, 0.3) is 22.2 Å². The zero-order chi connectivity index (χ0) is 20.2. The number of halogens is 3. The van der Waals surface area contributed by atoms with Crippen LogP contribution in [-0.4, -0.2) is 10.7 Å². The molecule has 0 bridgehead atoms. The first-order chi connectivity index (χ1) is 13.9. The fourth-order valence-electron chi connectivity index (χ4n) is 4.51. The van der Waals surface area contributed by atoms with Crippen molar-refractivity contribution < 1.29 is 13.2 Å². The molecule has 5 heteroatoms. The van der Waals surface area contributed by atoms with Crippen LogP contribution in [0.5, 0.6) is 0 Å². The average Bonchev–Trinajstić information content (AvgIpc) is 3.02. The molecule has 2 heterocycles. The van der Waals surface area contributed by atoms with Crippen molar-refractivity contribution in [2.45, 2.75) is 25.2 Å². The summed E-state index contributed by atoms with van der Waals surface area (Å²) in [6.45, 7) is 1.90. The van der Waals surface area contributed by atoms with Gasteiger partial charge in [-0.2, -0.15) is 13.2 Å². The first-order valence-corrected chi connectivity index (χ1v) is 9.51. The van der Waals surface area contributed by atoms with Gasteiger partial charge in [0.25, 0.3) is 0 Å². The van der Waals surface area contributed by atoms with E-state index in [0.29, 0.717) is 22.5 Å². The van der Waals surface area contributed by atoms with Crippen LogP contribution in [0.2, 0.25) is 0 Å². The molecule has 1 aliphatic rings. The molecule has 1 unspecified atom stereocenters. The number of anilines is 1. The number of benzene rings is 3. The van der Waals surface area contributed by atoms with Gasteiger partial charge < -0.3 is 9.88 Å². The third-order valence-corrected chi connectivity index (χ3v) is 5.80. The maximum atomic E-state index is 14.9. The van der Waals surface area contributed by atoms with Crippen LogP contribution < -0.4 is 5.32 Å². The standard InChI is InChI=1S/C24H19F3N2/c1-16-18-11-6-8-14-21(18)29-22(16)19-12-5-7-13-20(19)28-23(29,24(25,26)27)15-17-9-3-2-4-10-17/h2-14,28H,15H2,1H3. The summed E-state index contributed by atoms with van der Waals surface area (Å²) < 4.78 is 46.2. The number of nitrogens with zero attached hydrogens (tertiary/aromatic N) is 1. The number of nitrogens with one attached hydrogen (secondary N) is 1. The molecule has 1 atom stereocenters. The van der Waals surface area contributed by atoms with Gasteiger partial charge in [-0.15, -0.1) is 0 Å². The number of aromatic nitrogens is 1. The normalized spacial score (nSPS) is 18.2. The van der Waals surface area contributed by atoms with Gasteiger partial charge in [0.2, 0.25) is 5.66 Å². The molecule has 1 aliphatic heterocycles. The summed E-state index contributed by atoms with van der Waals surface area (Å²) in [6.07, 6.45) is -4.74. The van der Waals surface area contributed by atoms with E-state index in [4.69, 9.17) is 0 Å². The molecule has 1 aromatic heterocycles. The highest BCUT2D eigenvalue weighted by Crippen LogP contribution is 2.51. The molecule has 29 heavy (non-hydrogen) atoms. The van der Waals surface area contributed by atoms with E-state index in [1.54, 1.807) is 48.5 Å². The van der Waals surface area contributed by atoms with Crippen molar-refractivity contribution in [2.75, 3.05) is 5.32 Å². The Hall–Kier alpha value is -3.21. The number of para-hydroxylation sites is 2. The Balaban J connectivity index is 1.90. The monoisotopic (exact) mass is 392 g/mol. The molecule has 0 amide bonds. The highest BCUT2D eigenvalue weighted by molar-refractivity contribution is 5.96. The highest BCUT2D eigenvalue weighted by atomic mass is 19.4. The second kappa shape index (κ2) is 6.14. The zero-order valence-corrected chi connectivity index (χ0v) is 15.8. The van der Waals surface area contributed by atoms with Crippen molar-refractivity contribution in [1.82, 2.24) is 4.57 Å². The Morgan fingerprint density at radius 2 is 1.52 bits per heavy atom. The molecule has 0 fully saturated rings. The quantitative estimate of drug-likeness (QED) is 0.412. The van der Waals surface area contributed by atoms with Crippen molar-refractivity contribution in [3.63, 3.8) is 0 Å². The van der Waals surface area contributed by atoms with Crippen LogP contribution in [0.15, 0.2) is 78.9 Å². The fraction of sp³-hybridized carbons (Fsp3) is 0.167. The van der Waals surface area contributed by atoms with E-state index in [2.05, 4.69) is 5.32 Å². The molecule has 3 aromatic carbocycles. The van der Waals surface area contributed by atoms with E-state index in [9.17, 15) is 13.2 Å². The average molecular weight is 392 g/mol. The molecule has 4 aromatic rings. The van der Waals surface area contributed by atoms with E-state index in [-0.39, 0.29) is 6.42 Å². The summed E-state index contributed by atoms with van der Waals surface area (Å²) >= 11 is 0. The van der Waals surface area contributed by atoms with Crippen LogP contribution in [0.1, 0.15) is 11.1 Å². The minimum absolute atomic E-state index is 0.212. The minimum atomic E-state index is -4.53. The van der Waals surface area contributed by atoms with Gasteiger partial charge in [0.1, 0.15) is 0 Å². The summed E-state index contributed by atoms with van der Waals surface area (Å²) in [5, 5.41) is 3.73. The Labute approximate surface area is 166 Å². The smallest absolute Gasteiger partial charge is 0.354 e. The number of alkyl halides is 3. The third-order valence-electron chi connectivity index (χ3n) is 5.80. The van der Waals surface area contributed by atoms with Crippen molar-refractivity contribution in [1.29, 1.82) is 0 Å². The van der Waals surface area contributed by atoms with Crippen molar-refractivity contribution in [2.24, 2.45) is 0 Å². The first-order valence-electron chi connectivity index (χ1n) is 9.51. The fourth-order valence-corrected chi connectivity index (χ4v) is 4.51. The van der Waals surface area contributed by atoms with E-state index < -0.39 is 11.8 Å². The number of fused-ring (bicyclic) bond motifs is 5. The van der Waals surface area contributed by atoms with E-state index in [0.717, 1.165) is 16.5 Å². The van der Waals surface area contributed by atoms with Gasteiger partial charge in [-0.1, -0.05) is 66.7 Å². The number of hydrogen-bond acceptors (Lipinski definition) is 1. The Kier molecular flexibility index (Phi) is 3.78. The zero-order valence-electron chi connectivity index (χ0n) is 15.8. The lowest BCUT2D eigenvalue weighted by molar-refractivity contribution is -0.203. The lowest BCUT2D eigenvalue weighted by Gasteiger charge is -2.44. The summed E-state index contributed by atoms with van der Waals surface area (Å²) in [5.41, 5.74) is 1.68. The molecule has 0 saturated heterocycles. The lowest BCUT2D eigenvalue weighted by Crippen LogP contribution is -2.57. The third kappa shape index (κ3) is 2.50. The second-order valence-electron chi connectivity index (χ2n) is 7.52. The van der Waals surface area contributed by atoms with Crippen LogP contribution in [0.3, 0.4) is 0 Å². The van der Waals surface area contributed by atoms with Gasteiger partial charge in [-0.25, -0.2) is 0 Å².